The van der Waals surface area contributed by atoms with Gasteiger partial charge in [0.2, 0.25) is 0 Å². The molecule has 1 heterocycles. The van der Waals surface area contributed by atoms with Crippen LogP contribution in [0.4, 0.5) is 0 Å². The van der Waals surface area contributed by atoms with E-state index in [1.54, 1.807) is 7.11 Å². The minimum absolute atomic E-state index is 0.171. The minimum atomic E-state index is -0.769. The third kappa shape index (κ3) is 2.41. The Labute approximate surface area is 99.1 Å². The Balaban J connectivity index is 2.82. The fraction of sp³-hybridized carbons (Fsp3) is 1.00. The molecule has 3 heteroatoms. The van der Waals surface area contributed by atoms with Crippen molar-refractivity contribution >= 4 is 0 Å². The molecule has 1 aliphatic heterocycles. The van der Waals surface area contributed by atoms with Gasteiger partial charge in [0.15, 0.2) is 0 Å². The number of hydrogen-bond donors (Lipinski definition) is 1. The Morgan fingerprint density at radius 3 is 2.25 bits per heavy atom. The van der Waals surface area contributed by atoms with Crippen molar-refractivity contribution in [2.24, 2.45) is 5.92 Å². The van der Waals surface area contributed by atoms with Crippen LogP contribution in [0.2, 0.25) is 0 Å². The molecule has 0 aromatic carbocycles. The van der Waals surface area contributed by atoms with Gasteiger partial charge in [-0.15, -0.1) is 0 Å². The van der Waals surface area contributed by atoms with Gasteiger partial charge in [-0.1, -0.05) is 6.92 Å². The van der Waals surface area contributed by atoms with Gasteiger partial charge in [0.25, 0.3) is 0 Å². The average molecular weight is 230 g/mol. The predicted molar refractivity (Wildman–Crippen MR) is 64.5 cm³/mol. The van der Waals surface area contributed by atoms with E-state index >= 15 is 0 Å². The highest BCUT2D eigenvalue weighted by Crippen LogP contribution is 2.49. The van der Waals surface area contributed by atoms with Crippen LogP contribution in [-0.2, 0) is 9.47 Å². The van der Waals surface area contributed by atoms with E-state index in [1.165, 1.54) is 0 Å². The third-order valence-corrected chi connectivity index (χ3v) is 3.84. The summed E-state index contributed by atoms with van der Waals surface area (Å²) in [6.45, 7) is 10.8. The Kier molecular flexibility index (Phi) is 3.73. The molecule has 3 nitrogen and oxygen atoms in total. The lowest BCUT2D eigenvalue weighted by molar-refractivity contribution is -0.147. The van der Waals surface area contributed by atoms with Gasteiger partial charge in [0.05, 0.1) is 16.8 Å². The van der Waals surface area contributed by atoms with Crippen LogP contribution in [0, 0.1) is 5.92 Å². The summed E-state index contributed by atoms with van der Waals surface area (Å²) in [5, 5.41) is 10.9. The van der Waals surface area contributed by atoms with Gasteiger partial charge in [0.1, 0.15) is 0 Å². The molecule has 0 aromatic rings. The smallest absolute Gasteiger partial charge is 0.0984 e. The van der Waals surface area contributed by atoms with Gasteiger partial charge in [-0.2, -0.15) is 0 Å². The summed E-state index contributed by atoms with van der Waals surface area (Å²) in [4.78, 5) is 0. The second-order valence-electron chi connectivity index (χ2n) is 6.16. The molecule has 1 aliphatic rings. The van der Waals surface area contributed by atoms with E-state index < -0.39 is 11.2 Å². The fourth-order valence-corrected chi connectivity index (χ4v) is 2.98. The number of aliphatic hydroxyl groups is 1. The van der Waals surface area contributed by atoms with Crippen molar-refractivity contribution in [3.8, 4) is 0 Å². The largest absolute Gasteiger partial charge is 0.387 e. The average Bonchev–Trinajstić information content (AvgIpc) is 2.27. The van der Waals surface area contributed by atoms with Gasteiger partial charge < -0.3 is 14.6 Å². The first-order valence-corrected chi connectivity index (χ1v) is 6.06. The Hall–Kier alpha value is -0.120. The molecular weight excluding hydrogens is 204 g/mol. The van der Waals surface area contributed by atoms with E-state index in [-0.39, 0.29) is 11.5 Å². The van der Waals surface area contributed by atoms with E-state index in [9.17, 15) is 5.11 Å². The van der Waals surface area contributed by atoms with Crippen molar-refractivity contribution in [2.75, 3.05) is 13.7 Å². The molecule has 1 N–H and O–H groups in total. The van der Waals surface area contributed by atoms with Crippen LogP contribution in [0.3, 0.4) is 0 Å². The highest BCUT2D eigenvalue weighted by Gasteiger charge is 2.58. The van der Waals surface area contributed by atoms with Crippen LogP contribution in [0.5, 0.6) is 0 Å². The molecule has 0 spiro atoms. The number of methoxy groups -OCH3 is 1. The summed E-state index contributed by atoms with van der Waals surface area (Å²) >= 11 is 0. The monoisotopic (exact) mass is 230 g/mol. The zero-order valence-electron chi connectivity index (χ0n) is 11.5. The number of hydrogen-bond acceptors (Lipinski definition) is 3. The van der Waals surface area contributed by atoms with E-state index in [0.29, 0.717) is 13.0 Å². The summed E-state index contributed by atoms with van der Waals surface area (Å²) in [5.41, 5.74) is -1.52. The summed E-state index contributed by atoms with van der Waals surface area (Å²) in [6, 6.07) is 0. The van der Waals surface area contributed by atoms with Crippen molar-refractivity contribution in [3.05, 3.63) is 0 Å². The number of rotatable bonds is 4. The van der Waals surface area contributed by atoms with Crippen molar-refractivity contribution in [2.45, 2.75) is 64.3 Å². The van der Waals surface area contributed by atoms with Crippen LogP contribution < -0.4 is 0 Å². The molecule has 0 saturated carbocycles. The predicted octanol–water partition coefficient (Wildman–Crippen LogP) is 2.37. The normalized spacial score (nSPS) is 33.9. The lowest BCUT2D eigenvalue weighted by Crippen LogP contribution is -2.51. The minimum Gasteiger partial charge on any atom is -0.387 e. The van der Waals surface area contributed by atoms with Crippen molar-refractivity contribution < 1.29 is 14.6 Å². The van der Waals surface area contributed by atoms with Crippen molar-refractivity contribution in [3.63, 3.8) is 0 Å². The van der Waals surface area contributed by atoms with Gasteiger partial charge in [0, 0.05) is 20.1 Å². The topological polar surface area (TPSA) is 38.7 Å². The van der Waals surface area contributed by atoms with Gasteiger partial charge in [-0.3, -0.25) is 0 Å². The highest BCUT2D eigenvalue weighted by molar-refractivity contribution is 5.08. The maximum Gasteiger partial charge on any atom is 0.0984 e. The second kappa shape index (κ2) is 4.28. The molecule has 0 bridgehead atoms. The summed E-state index contributed by atoms with van der Waals surface area (Å²) in [5.74, 6) is 0.171. The Bertz CT molecular complexity index is 248. The van der Waals surface area contributed by atoms with E-state index in [1.807, 2.05) is 27.7 Å². The molecule has 2 atom stereocenters. The molecule has 0 aromatic heterocycles. The van der Waals surface area contributed by atoms with Crippen molar-refractivity contribution in [1.82, 2.24) is 0 Å². The standard InChI is InChI=1S/C13H26O3/c1-10(7-8-15-6)13(14)9-11(2,3)16-12(13,4)5/h10,14H,7-9H2,1-6H3. The molecule has 1 rings (SSSR count). The SMILES string of the molecule is COCCC(C)C1(O)CC(C)(C)OC1(C)C. The molecule has 0 aliphatic carbocycles. The molecule has 0 amide bonds. The molecule has 16 heavy (non-hydrogen) atoms. The first-order valence-electron chi connectivity index (χ1n) is 6.06. The number of ether oxygens (including phenoxy) is 2. The van der Waals surface area contributed by atoms with Crippen LogP contribution in [0.15, 0.2) is 0 Å². The molecule has 96 valence electrons. The first kappa shape index (κ1) is 13.9. The van der Waals surface area contributed by atoms with Crippen LogP contribution in [-0.4, -0.2) is 35.6 Å². The van der Waals surface area contributed by atoms with Crippen LogP contribution in [0.25, 0.3) is 0 Å². The molecule has 1 saturated heterocycles. The summed E-state index contributed by atoms with van der Waals surface area (Å²) in [7, 11) is 1.69. The molecule has 1 fully saturated rings. The van der Waals surface area contributed by atoms with Crippen LogP contribution in [0.1, 0.15) is 47.5 Å². The maximum atomic E-state index is 10.9. The van der Waals surface area contributed by atoms with Gasteiger partial charge in [-0.25, -0.2) is 0 Å². The molecule has 2 unspecified atom stereocenters. The zero-order chi connectivity index (χ0) is 12.6. The quantitative estimate of drug-likeness (QED) is 0.806. The third-order valence-electron chi connectivity index (χ3n) is 3.84. The van der Waals surface area contributed by atoms with Crippen LogP contribution >= 0.6 is 0 Å². The maximum absolute atomic E-state index is 10.9. The zero-order valence-corrected chi connectivity index (χ0v) is 11.5. The van der Waals surface area contributed by atoms with Gasteiger partial charge >= 0.3 is 0 Å². The highest BCUT2D eigenvalue weighted by atomic mass is 16.5. The lowest BCUT2D eigenvalue weighted by Gasteiger charge is -2.39. The first-order chi connectivity index (χ1) is 7.15. The van der Waals surface area contributed by atoms with Gasteiger partial charge in [-0.05, 0) is 40.0 Å². The Morgan fingerprint density at radius 2 is 1.88 bits per heavy atom. The van der Waals surface area contributed by atoms with E-state index in [4.69, 9.17) is 9.47 Å². The molecule has 0 radical (unpaired) electrons. The second-order valence-corrected chi connectivity index (χ2v) is 6.16. The van der Waals surface area contributed by atoms with Crippen molar-refractivity contribution in [1.29, 1.82) is 0 Å². The lowest BCUT2D eigenvalue weighted by atomic mass is 9.73. The van der Waals surface area contributed by atoms with E-state index in [2.05, 4.69) is 6.92 Å². The summed E-state index contributed by atoms with van der Waals surface area (Å²) < 4.78 is 11.0. The van der Waals surface area contributed by atoms with E-state index in [0.717, 1.165) is 6.42 Å². The summed E-state index contributed by atoms with van der Waals surface area (Å²) in [6.07, 6.45) is 1.54. The fourth-order valence-electron chi connectivity index (χ4n) is 2.98. The Morgan fingerprint density at radius 1 is 1.31 bits per heavy atom. The molecular formula is C13H26O3.